The summed E-state index contributed by atoms with van der Waals surface area (Å²) in [7, 11) is 0. The molecular weight excluding hydrogens is 322 g/mol. The molecule has 0 spiro atoms. The Hall–Kier alpha value is -1.74. The number of nitrogens with zero attached hydrogens (tertiary/aromatic N) is 3. The molecule has 2 heterocycles. The molecule has 1 aromatic heterocycles. The van der Waals surface area contributed by atoms with E-state index >= 15 is 0 Å². The normalized spacial score (nSPS) is 18.6. The maximum atomic E-state index is 11.2. The summed E-state index contributed by atoms with van der Waals surface area (Å²) in [6.07, 6.45) is 7.70. The molecule has 1 aromatic rings. The highest BCUT2D eigenvalue weighted by atomic mass is 32.2. The van der Waals surface area contributed by atoms with Crippen LogP contribution >= 0.6 is 11.8 Å². The molecule has 3 rings (SSSR count). The van der Waals surface area contributed by atoms with Gasteiger partial charge in [0, 0.05) is 13.1 Å². The minimum Gasteiger partial charge on any atom is -0.480 e. The highest BCUT2D eigenvalue weighted by molar-refractivity contribution is 8.00. The van der Waals surface area contributed by atoms with Gasteiger partial charge < -0.3 is 10.0 Å². The molecule has 1 saturated heterocycles. The fourth-order valence-corrected chi connectivity index (χ4v) is 4.42. The van der Waals surface area contributed by atoms with Gasteiger partial charge in [0.1, 0.15) is 22.2 Å². The first kappa shape index (κ1) is 17.1. The average molecular weight is 345 g/mol. The second-order valence-electron chi connectivity index (χ2n) is 6.54. The fourth-order valence-electron chi connectivity index (χ4n) is 3.56. The van der Waals surface area contributed by atoms with Crippen LogP contribution in [0.4, 0.5) is 5.82 Å². The highest BCUT2D eigenvalue weighted by Gasteiger charge is 2.27. The summed E-state index contributed by atoms with van der Waals surface area (Å²) in [6, 6.07) is 2.30. The molecule has 0 radical (unpaired) electrons. The smallest absolute Gasteiger partial charge is 0.316 e. The van der Waals surface area contributed by atoms with Crippen molar-refractivity contribution in [2.24, 2.45) is 0 Å². The summed E-state index contributed by atoms with van der Waals surface area (Å²) in [5.74, 6) is 0.131. The first-order valence-corrected chi connectivity index (χ1v) is 9.60. The molecule has 0 saturated carbocycles. The number of piperidine rings is 1. The maximum absolute atomic E-state index is 11.2. The lowest BCUT2D eigenvalue weighted by atomic mass is 9.89. The van der Waals surface area contributed by atoms with Crippen LogP contribution in [-0.4, -0.2) is 34.4 Å². The van der Waals surface area contributed by atoms with E-state index in [-0.39, 0.29) is 0 Å². The minimum atomic E-state index is -0.872. The van der Waals surface area contributed by atoms with Gasteiger partial charge in [0.25, 0.3) is 0 Å². The Labute approximate surface area is 147 Å². The molecule has 1 aliphatic carbocycles. The molecule has 1 aliphatic heterocycles. The van der Waals surface area contributed by atoms with Crippen molar-refractivity contribution in [2.75, 3.05) is 18.0 Å². The fraction of sp³-hybridized carbons (Fsp3) is 0.611. The first-order chi connectivity index (χ1) is 11.6. The predicted molar refractivity (Wildman–Crippen MR) is 94.6 cm³/mol. The molecule has 24 heavy (non-hydrogen) atoms. The number of carboxylic acid groups (broad SMARTS) is 1. The second kappa shape index (κ2) is 7.43. The Morgan fingerprint density at radius 3 is 2.50 bits per heavy atom. The van der Waals surface area contributed by atoms with Crippen LogP contribution in [0.1, 0.15) is 55.7 Å². The van der Waals surface area contributed by atoms with E-state index in [1.807, 2.05) is 0 Å². The summed E-state index contributed by atoms with van der Waals surface area (Å²) in [5, 5.41) is 18.9. The first-order valence-electron chi connectivity index (χ1n) is 8.72. The maximum Gasteiger partial charge on any atom is 0.316 e. The number of hydrogen-bond donors (Lipinski definition) is 1. The zero-order valence-electron chi connectivity index (χ0n) is 14.0. The molecule has 0 aromatic carbocycles. The van der Waals surface area contributed by atoms with Gasteiger partial charge in [-0.1, -0.05) is 11.8 Å². The number of aliphatic carboxylic acids is 1. The predicted octanol–water partition coefficient (Wildman–Crippen LogP) is 3.39. The summed E-state index contributed by atoms with van der Waals surface area (Å²) >= 11 is 1.19. The van der Waals surface area contributed by atoms with Crippen molar-refractivity contribution in [2.45, 2.75) is 62.1 Å². The van der Waals surface area contributed by atoms with Crippen molar-refractivity contribution in [1.29, 1.82) is 5.26 Å². The van der Waals surface area contributed by atoms with Crippen molar-refractivity contribution in [3.05, 3.63) is 16.7 Å². The molecule has 1 fully saturated rings. The van der Waals surface area contributed by atoms with Crippen LogP contribution in [-0.2, 0) is 17.6 Å². The number of hydrogen-bond acceptors (Lipinski definition) is 5. The van der Waals surface area contributed by atoms with Crippen LogP contribution in [0.15, 0.2) is 5.03 Å². The van der Waals surface area contributed by atoms with E-state index in [0.29, 0.717) is 10.6 Å². The number of rotatable bonds is 4. The average Bonchev–Trinajstić information content (AvgIpc) is 2.61. The van der Waals surface area contributed by atoms with Gasteiger partial charge in [-0.3, -0.25) is 4.79 Å². The van der Waals surface area contributed by atoms with Gasteiger partial charge in [0.15, 0.2) is 0 Å². The van der Waals surface area contributed by atoms with Crippen LogP contribution in [0.2, 0.25) is 0 Å². The third-order valence-corrected chi connectivity index (χ3v) is 5.94. The van der Waals surface area contributed by atoms with Crippen molar-refractivity contribution in [3.8, 4) is 6.07 Å². The largest absolute Gasteiger partial charge is 0.480 e. The van der Waals surface area contributed by atoms with Gasteiger partial charge in [0.05, 0.1) is 5.56 Å². The molecule has 0 unspecified atom stereocenters. The summed E-state index contributed by atoms with van der Waals surface area (Å²) in [6.45, 7) is 3.66. The zero-order valence-corrected chi connectivity index (χ0v) is 14.9. The molecule has 6 heteroatoms. The molecule has 5 nitrogen and oxygen atoms in total. The molecule has 0 bridgehead atoms. The number of carboxylic acids is 1. The quantitative estimate of drug-likeness (QED) is 0.843. The van der Waals surface area contributed by atoms with E-state index < -0.39 is 11.2 Å². The number of anilines is 1. The lowest BCUT2D eigenvalue weighted by molar-refractivity contribution is -0.136. The Morgan fingerprint density at radius 1 is 1.21 bits per heavy atom. The van der Waals surface area contributed by atoms with E-state index in [1.54, 1.807) is 6.92 Å². The Kier molecular flexibility index (Phi) is 5.30. The lowest BCUT2D eigenvalue weighted by Crippen LogP contribution is -2.32. The third-order valence-electron chi connectivity index (χ3n) is 4.86. The van der Waals surface area contributed by atoms with Crippen LogP contribution < -0.4 is 4.90 Å². The monoisotopic (exact) mass is 345 g/mol. The topological polar surface area (TPSA) is 77.2 Å². The minimum absolute atomic E-state index is 0.591. The number of fused-ring (bicyclic) bond motifs is 1. The standard InChI is InChI=1S/C18H23N3O2S/c1-12(18(22)23)24-17-15(11-19)13-7-3-4-8-14(13)16(20-17)21-9-5-2-6-10-21/h12H,2-10H2,1H3,(H,22,23)/t12-/m0/s1. The highest BCUT2D eigenvalue weighted by Crippen LogP contribution is 2.38. The molecule has 2 aliphatic rings. The number of nitriles is 1. The van der Waals surface area contributed by atoms with Crippen LogP contribution in [0.3, 0.4) is 0 Å². The van der Waals surface area contributed by atoms with E-state index in [9.17, 15) is 15.2 Å². The molecular formula is C18H23N3O2S. The third kappa shape index (κ3) is 3.36. The Morgan fingerprint density at radius 2 is 1.88 bits per heavy atom. The zero-order chi connectivity index (χ0) is 17.1. The van der Waals surface area contributed by atoms with Gasteiger partial charge >= 0.3 is 5.97 Å². The van der Waals surface area contributed by atoms with Crippen LogP contribution in [0.25, 0.3) is 0 Å². The van der Waals surface area contributed by atoms with Crippen molar-refractivity contribution < 1.29 is 9.90 Å². The Bertz CT molecular complexity index is 678. The van der Waals surface area contributed by atoms with E-state index in [1.165, 1.54) is 36.6 Å². The van der Waals surface area contributed by atoms with Crippen molar-refractivity contribution >= 4 is 23.5 Å². The van der Waals surface area contributed by atoms with Crippen molar-refractivity contribution in [1.82, 2.24) is 4.98 Å². The van der Waals surface area contributed by atoms with Crippen LogP contribution in [0, 0.1) is 11.3 Å². The van der Waals surface area contributed by atoms with E-state index in [0.717, 1.165) is 50.2 Å². The van der Waals surface area contributed by atoms with Gasteiger partial charge in [-0.2, -0.15) is 5.26 Å². The summed E-state index contributed by atoms with van der Waals surface area (Å²) in [5.41, 5.74) is 2.94. The van der Waals surface area contributed by atoms with E-state index in [4.69, 9.17) is 4.98 Å². The molecule has 1 N–H and O–H groups in total. The number of pyridine rings is 1. The van der Waals surface area contributed by atoms with Crippen molar-refractivity contribution in [3.63, 3.8) is 0 Å². The van der Waals surface area contributed by atoms with Gasteiger partial charge in [-0.25, -0.2) is 4.98 Å². The SMILES string of the molecule is C[C@H](Sc1nc(N2CCCCC2)c2c(c1C#N)CCCC2)C(=O)O. The van der Waals surface area contributed by atoms with Gasteiger partial charge in [-0.15, -0.1) is 0 Å². The number of carbonyl (C=O) groups is 1. The van der Waals surface area contributed by atoms with Gasteiger partial charge in [-0.05, 0) is 63.0 Å². The molecule has 128 valence electrons. The summed E-state index contributed by atoms with van der Waals surface area (Å²) in [4.78, 5) is 18.4. The molecule has 1 atom stereocenters. The van der Waals surface area contributed by atoms with Gasteiger partial charge in [0.2, 0.25) is 0 Å². The number of thioether (sulfide) groups is 1. The summed E-state index contributed by atoms with van der Waals surface area (Å²) < 4.78 is 0. The van der Waals surface area contributed by atoms with Crippen LogP contribution in [0.5, 0.6) is 0 Å². The lowest BCUT2D eigenvalue weighted by Gasteiger charge is -2.32. The molecule has 0 amide bonds. The number of aromatic nitrogens is 1. The Balaban J connectivity index is 2.07. The van der Waals surface area contributed by atoms with E-state index in [2.05, 4.69) is 11.0 Å². The second-order valence-corrected chi connectivity index (χ2v) is 7.87.